The molecule has 2 unspecified atom stereocenters. The lowest BCUT2D eigenvalue weighted by molar-refractivity contribution is -0.132. The summed E-state index contributed by atoms with van der Waals surface area (Å²) in [6.07, 6.45) is 1.15. The maximum absolute atomic E-state index is 11.3. The Labute approximate surface area is 111 Å². The first kappa shape index (κ1) is 15.5. The van der Waals surface area contributed by atoms with Gasteiger partial charge in [0.15, 0.2) is 20.4 Å². The molecule has 1 saturated heterocycles. The molecule has 1 fully saturated rings. The van der Waals surface area contributed by atoms with Gasteiger partial charge in [-0.3, -0.25) is 9.59 Å². The average Bonchev–Trinajstić information content (AvgIpc) is 2.72. The second-order valence-electron chi connectivity index (χ2n) is 6.63. The van der Waals surface area contributed by atoms with E-state index in [0.717, 1.165) is 0 Å². The molecule has 4 nitrogen and oxygen atoms in total. The third kappa shape index (κ3) is 3.73. The molecule has 18 heavy (non-hydrogen) atoms. The second-order valence-corrected chi connectivity index (χ2v) is 11.4. The van der Waals surface area contributed by atoms with E-state index in [4.69, 9.17) is 4.43 Å². The van der Waals surface area contributed by atoms with E-state index >= 15 is 0 Å². The molecule has 2 atom stereocenters. The van der Waals surface area contributed by atoms with Crippen LogP contribution in [0.4, 0.5) is 0 Å². The summed E-state index contributed by atoms with van der Waals surface area (Å²) >= 11 is 0. The number of rotatable bonds is 5. The number of ketones is 1. The fourth-order valence-electron chi connectivity index (χ4n) is 1.78. The number of carbonyl (C=O) groups is 2. The van der Waals surface area contributed by atoms with Gasteiger partial charge in [0.2, 0.25) is 0 Å². The predicted molar refractivity (Wildman–Crippen MR) is 74.1 cm³/mol. The van der Waals surface area contributed by atoms with Gasteiger partial charge in [-0.05, 0) is 24.6 Å². The highest BCUT2D eigenvalue weighted by Crippen LogP contribution is 2.36. The van der Waals surface area contributed by atoms with Gasteiger partial charge in [0.1, 0.15) is 0 Å². The summed E-state index contributed by atoms with van der Waals surface area (Å²) < 4.78 is 6.12. The van der Waals surface area contributed by atoms with Crippen LogP contribution in [0.15, 0.2) is 0 Å². The van der Waals surface area contributed by atoms with E-state index in [-0.39, 0.29) is 22.8 Å². The zero-order valence-electron chi connectivity index (χ0n) is 12.1. The summed E-state index contributed by atoms with van der Waals surface area (Å²) in [6.45, 7) is 12.3. The van der Waals surface area contributed by atoms with Gasteiger partial charge in [-0.25, -0.2) is 0 Å². The smallest absolute Gasteiger partial charge is 0.199 e. The van der Waals surface area contributed by atoms with Crippen LogP contribution in [0.5, 0.6) is 0 Å². The third-order valence-corrected chi connectivity index (χ3v) is 8.69. The Morgan fingerprint density at radius 2 is 2.06 bits per heavy atom. The number of Topliss-reactive ketones (excluding diaryl/α,β-unsaturated/α-hetero) is 1. The highest BCUT2D eigenvalue weighted by Gasteiger charge is 2.38. The van der Waals surface area contributed by atoms with Crippen LogP contribution in [-0.4, -0.2) is 39.6 Å². The molecule has 5 heteroatoms. The Bertz CT molecular complexity index is 323. The monoisotopic (exact) mass is 271 g/mol. The maximum atomic E-state index is 11.3. The summed E-state index contributed by atoms with van der Waals surface area (Å²) in [6, 6.07) is 0.202. The molecule has 0 aromatic carbocycles. The normalized spacial score (nSPS) is 25.2. The van der Waals surface area contributed by atoms with Crippen molar-refractivity contribution in [2.45, 2.75) is 51.4 Å². The molecule has 0 amide bonds. The largest absolute Gasteiger partial charge is 0.415 e. The van der Waals surface area contributed by atoms with Crippen LogP contribution < -0.4 is 5.32 Å². The highest BCUT2D eigenvalue weighted by atomic mass is 28.4. The van der Waals surface area contributed by atoms with Crippen LogP contribution in [0.25, 0.3) is 0 Å². The minimum Gasteiger partial charge on any atom is -0.415 e. The van der Waals surface area contributed by atoms with Crippen molar-refractivity contribution in [1.82, 2.24) is 5.32 Å². The van der Waals surface area contributed by atoms with Gasteiger partial charge in [-0.1, -0.05) is 20.8 Å². The minimum absolute atomic E-state index is 0.157. The Balaban J connectivity index is 2.43. The van der Waals surface area contributed by atoms with Crippen molar-refractivity contribution in [3.8, 4) is 0 Å². The molecule has 0 aliphatic carbocycles. The van der Waals surface area contributed by atoms with Crippen molar-refractivity contribution in [3.05, 3.63) is 0 Å². The van der Waals surface area contributed by atoms with Crippen molar-refractivity contribution >= 4 is 20.4 Å². The van der Waals surface area contributed by atoms with Crippen molar-refractivity contribution in [3.63, 3.8) is 0 Å². The van der Waals surface area contributed by atoms with E-state index < -0.39 is 8.32 Å². The average molecular weight is 271 g/mol. The van der Waals surface area contributed by atoms with Gasteiger partial charge in [-0.15, -0.1) is 0 Å². The van der Waals surface area contributed by atoms with Crippen molar-refractivity contribution < 1.29 is 14.0 Å². The molecule has 0 bridgehead atoms. The minimum atomic E-state index is -1.72. The lowest BCUT2D eigenvalue weighted by Gasteiger charge is -2.37. The first-order valence-corrected chi connectivity index (χ1v) is 9.44. The van der Waals surface area contributed by atoms with Gasteiger partial charge < -0.3 is 9.74 Å². The molecule has 1 aliphatic heterocycles. The Morgan fingerprint density at radius 1 is 1.44 bits per heavy atom. The van der Waals surface area contributed by atoms with Crippen molar-refractivity contribution in [2.24, 2.45) is 5.92 Å². The lowest BCUT2D eigenvalue weighted by Crippen LogP contribution is -2.43. The van der Waals surface area contributed by atoms with Crippen LogP contribution in [0, 0.1) is 5.92 Å². The molecule has 1 aliphatic rings. The van der Waals surface area contributed by atoms with Crippen LogP contribution in [0.2, 0.25) is 18.1 Å². The van der Waals surface area contributed by atoms with E-state index in [1.807, 2.05) is 0 Å². The van der Waals surface area contributed by atoms with Gasteiger partial charge in [0, 0.05) is 25.1 Å². The molecule has 0 saturated carbocycles. The SMILES string of the molecule is CC(C)(C)[Si](C)(C)OCC1CC(C(=O)C=O)CN1. The summed E-state index contributed by atoms with van der Waals surface area (Å²) in [4.78, 5) is 21.7. The Kier molecular flexibility index (Phi) is 4.86. The number of aldehydes is 1. The van der Waals surface area contributed by atoms with E-state index in [1.165, 1.54) is 0 Å². The second kappa shape index (κ2) is 5.63. The number of hydrogen-bond acceptors (Lipinski definition) is 4. The van der Waals surface area contributed by atoms with Gasteiger partial charge in [-0.2, -0.15) is 0 Å². The van der Waals surface area contributed by atoms with E-state index in [0.29, 0.717) is 25.9 Å². The van der Waals surface area contributed by atoms with Crippen LogP contribution >= 0.6 is 0 Å². The van der Waals surface area contributed by atoms with Crippen molar-refractivity contribution in [2.75, 3.05) is 13.2 Å². The molecule has 0 radical (unpaired) electrons. The molecular weight excluding hydrogens is 246 g/mol. The van der Waals surface area contributed by atoms with Gasteiger partial charge in [0.05, 0.1) is 0 Å². The summed E-state index contributed by atoms with van der Waals surface area (Å²) in [5.41, 5.74) is 0. The molecule has 104 valence electrons. The number of hydrogen-bond donors (Lipinski definition) is 1. The van der Waals surface area contributed by atoms with Crippen molar-refractivity contribution in [1.29, 1.82) is 0 Å². The number of nitrogens with one attached hydrogen (secondary N) is 1. The first-order valence-electron chi connectivity index (χ1n) is 6.54. The fourth-order valence-corrected chi connectivity index (χ4v) is 2.84. The summed E-state index contributed by atoms with van der Waals surface area (Å²) in [7, 11) is -1.72. The fraction of sp³-hybridized carbons (Fsp3) is 0.846. The Hall–Kier alpha value is -0.523. The van der Waals surface area contributed by atoms with Gasteiger partial charge in [0.25, 0.3) is 0 Å². The number of carbonyl (C=O) groups excluding carboxylic acids is 2. The topological polar surface area (TPSA) is 55.4 Å². The van der Waals surface area contributed by atoms with Crippen LogP contribution in [0.1, 0.15) is 27.2 Å². The maximum Gasteiger partial charge on any atom is 0.199 e. The quantitative estimate of drug-likeness (QED) is 0.470. The molecule has 1 rings (SSSR count). The summed E-state index contributed by atoms with van der Waals surface area (Å²) in [5, 5.41) is 3.46. The lowest BCUT2D eigenvalue weighted by atomic mass is 10.0. The molecule has 0 aromatic heterocycles. The highest BCUT2D eigenvalue weighted by molar-refractivity contribution is 6.74. The first-order chi connectivity index (χ1) is 8.17. The van der Waals surface area contributed by atoms with E-state index in [1.54, 1.807) is 0 Å². The summed E-state index contributed by atoms with van der Waals surface area (Å²) in [5.74, 6) is -0.451. The third-order valence-electron chi connectivity index (χ3n) is 4.19. The Morgan fingerprint density at radius 3 is 2.56 bits per heavy atom. The predicted octanol–water partition coefficient (Wildman–Crippen LogP) is 1.75. The zero-order valence-corrected chi connectivity index (χ0v) is 13.1. The molecule has 1 heterocycles. The van der Waals surface area contributed by atoms with Gasteiger partial charge >= 0.3 is 0 Å². The van der Waals surface area contributed by atoms with E-state index in [9.17, 15) is 9.59 Å². The molecule has 0 aromatic rings. The van der Waals surface area contributed by atoms with Crippen LogP contribution in [-0.2, 0) is 14.0 Å². The molecular formula is C13H25NO3Si. The molecule has 0 spiro atoms. The van der Waals surface area contributed by atoms with Crippen LogP contribution in [0.3, 0.4) is 0 Å². The standard InChI is InChI=1S/C13H25NO3Si/c1-13(2,3)18(4,5)17-9-11-6-10(7-14-11)12(16)8-15/h8,10-11,14H,6-7,9H2,1-5H3. The van der Waals surface area contributed by atoms with E-state index in [2.05, 4.69) is 39.2 Å². The zero-order chi connectivity index (χ0) is 14.0. The molecule has 1 N–H and O–H groups in total.